The molecule has 1 aliphatic rings. The van der Waals surface area contributed by atoms with Gasteiger partial charge in [0.2, 0.25) is 0 Å². The second kappa shape index (κ2) is 7.02. The van der Waals surface area contributed by atoms with Gasteiger partial charge in [-0.2, -0.15) is 0 Å². The minimum Gasteiger partial charge on any atom is -0.444 e. The molecule has 4 nitrogen and oxygen atoms in total. The lowest BCUT2D eigenvalue weighted by Crippen LogP contribution is -2.44. The van der Waals surface area contributed by atoms with E-state index in [1.165, 1.54) is 12.1 Å². The zero-order valence-electron chi connectivity index (χ0n) is 13.2. The van der Waals surface area contributed by atoms with E-state index in [1.54, 1.807) is 4.90 Å². The van der Waals surface area contributed by atoms with E-state index in [1.807, 2.05) is 26.8 Å². The summed E-state index contributed by atoms with van der Waals surface area (Å²) in [5.74, 6) is -0.236. The van der Waals surface area contributed by atoms with Crippen LogP contribution in [-0.4, -0.2) is 35.7 Å². The fraction of sp³-hybridized carbons (Fsp3) is 0.562. The zero-order chi connectivity index (χ0) is 16.3. The van der Waals surface area contributed by atoms with Gasteiger partial charge >= 0.3 is 6.09 Å². The highest BCUT2D eigenvalue weighted by Crippen LogP contribution is 2.21. The number of benzene rings is 1. The van der Waals surface area contributed by atoms with Crippen LogP contribution in [0.5, 0.6) is 0 Å². The Hall–Kier alpha value is -1.05. The van der Waals surface area contributed by atoms with Crippen LogP contribution in [0.25, 0.3) is 0 Å². The fourth-order valence-corrected chi connectivity index (χ4v) is 3.04. The SMILES string of the molecule is CC(C)(C)OC(=O)N1CCC(Nc2cc(F)cc(I)c2)CC1. The maximum Gasteiger partial charge on any atom is 0.410 e. The number of carbonyl (C=O) groups excluding carboxylic acids is 1. The number of likely N-dealkylation sites (tertiary alicyclic amines) is 1. The molecule has 0 unspecified atom stereocenters. The van der Waals surface area contributed by atoms with Gasteiger partial charge in [-0.3, -0.25) is 0 Å². The molecule has 6 heteroatoms. The van der Waals surface area contributed by atoms with Gasteiger partial charge in [0.1, 0.15) is 11.4 Å². The van der Waals surface area contributed by atoms with E-state index in [2.05, 4.69) is 27.9 Å². The van der Waals surface area contributed by atoms with Crippen LogP contribution in [0.3, 0.4) is 0 Å². The highest BCUT2D eigenvalue weighted by Gasteiger charge is 2.26. The molecule has 0 aromatic heterocycles. The molecule has 2 rings (SSSR count). The quantitative estimate of drug-likeness (QED) is 0.728. The summed E-state index contributed by atoms with van der Waals surface area (Å²) in [5.41, 5.74) is 0.324. The maximum atomic E-state index is 13.4. The lowest BCUT2D eigenvalue weighted by Gasteiger charge is -2.34. The van der Waals surface area contributed by atoms with Crippen molar-refractivity contribution in [1.82, 2.24) is 4.90 Å². The second-order valence-electron chi connectivity index (χ2n) is 6.54. The lowest BCUT2D eigenvalue weighted by atomic mass is 10.0. The van der Waals surface area contributed by atoms with Crippen molar-refractivity contribution in [2.75, 3.05) is 18.4 Å². The van der Waals surface area contributed by atoms with Crippen molar-refractivity contribution in [3.05, 3.63) is 27.6 Å². The molecule has 1 heterocycles. The molecular weight excluding hydrogens is 398 g/mol. The van der Waals surface area contributed by atoms with E-state index in [0.29, 0.717) is 13.1 Å². The van der Waals surface area contributed by atoms with Crippen LogP contribution in [0.1, 0.15) is 33.6 Å². The van der Waals surface area contributed by atoms with Crippen molar-refractivity contribution in [3.8, 4) is 0 Å². The normalized spacial score (nSPS) is 16.5. The Balaban J connectivity index is 1.86. The lowest BCUT2D eigenvalue weighted by molar-refractivity contribution is 0.0210. The summed E-state index contributed by atoms with van der Waals surface area (Å²) in [6.07, 6.45) is 1.39. The van der Waals surface area contributed by atoms with Gasteiger partial charge in [-0.15, -0.1) is 0 Å². The van der Waals surface area contributed by atoms with Gasteiger partial charge in [-0.1, -0.05) is 0 Å². The number of piperidine rings is 1. The second-order valence-corrected chi connectivity index (χ2v) is 7.79. The number of hydrogen-bond acceptors (Lipinski definition) is 3. The molecular formula is C16H22FIN2O2. The van der Waals surface area contributed by atoms with E-state index in [4.69, 9.17) is 4.74 Å². The molecule has 1 aromatic carbocycles. The molecule has 0 aliphatic carbocycles. The number of halogens is 2. The Morgan fingerprint density at radius 1 is 1.32 bits per heavy atom. The van der Waals surface area contributed by atoms with Crippen LogP contribution in [-0.2, 0) is 4.74 Å². The molecule has 22 heavy (non-hydrogen) atoms. The van der Waals surface area contributed by atoms with Gasteiger partial charge in [-0.25, -0.2) is 9.18 Å². The first-order valence-electron chi connectivity index (χ1n) is 7.43. The average Bonchev–Trinajstić information content (AvgIpc) is 2.36. The van der Waals surface area contributed by atoms with Gasteiger partial charge in [-0.05, 0) is 74.4 Å². The van der Waals surface area contributed by atoms with Gasteiger partial charge in [0.15, 0.2) is 0 Å². The highest BCUT2D eigenvalue weighted by molar-refractivity contribution is 14.1. The molecule has 1 amide bonds. The third-order valence-electron chi connectivity index (χ3n) is 3.38. The summed E-state index contributed by atoms with van der Waals surface area (Å²) in [6, 6.07) is 5.17. The predicted molar refractivity (Wildman–Crippen MR) is 93.6 cm³/mol. The first-order chi connectivity index (χ1) is 10.2. The van der Waals surface area contributed by atoms with Crippen LogP contribution in [0.2, 0.25) is 0 Å². The molecule has 1 aliphatic heterocycles. The minimum absolute atomic E-state index is 0.236. The molecule has 0 radical (unpaired) electrons. The predicted octanol–water partition coefficient (Wildman–Crippen LogP) is 4.24. The fourth-order valence-electron chi connectivity index (χ4n) is 2.41. The molecule has 0 bridgehead atoms. The van der Waals surface area contributed by atoms with Crippen LogP contribution in [0, 0.1) is 9.39 Å². The monoisotopic (exact) mass is 420 g/mol. The minimum atomic E-state index is -0.468. The van der Waals surface area contributed by atoms with Crippen LogP contribution < -0.4 is 5.32 Å². The van der Waals surface area contributed by atoms with Crippen LogP contribution in [0.4, 0.5) is 14.9 Å². The molecule has 0 atom stereocenters. The van der Waals surface area contributed by atoms with Gasteiger partial charge in [0.05, 0.1) is 0 Å². The van der Waals surface area contributed by atoms with Crippen molar-refractivity contribution in [1.29, 1.82) is 0 Å². The van der Waals surface area contributed by atoms with E-state index in [9.17, 15) is 9.18 Å². The zero-order valence-corrected chi connectivity index (χ0v) is 15.3. The Kier molecular flexibility index (Phi) is 5.52. The van der Waals surface area contributed by atoms with Crippen molar-refractivity contribution in [2.45, 2.75) is 45.3 Å². The van der Waals surface area contributed by atoms with E-state index >= 15 is 0 Å². The van der Waals surface area contributed by atoms with Crippen molar-refractivity contribution in [2.24, 2.45) is 0 Å². The molecule has 122 valence electrons. The number of nitrogens with zero attached hydrogens (tertiary/aromatic N) is 1. The van der Waals surface area contributed by atoms with Crippen molar-refractivity contribution < 1.29 is 13.9 Å². The first kappa shape index (κ1) is 17.3. The van der Waals surface area contributed by atoms with Crippen LogP contribution in [0.15, 0.2) is 18.2 Å². The summed E-state index contributed by atoms with van der Waals surface area (Å²) in [7, 11) is 0. The maximum absolute atomic E-state index is 13.4. The smallest absolute Gasteiger partial charge is 0.410 e. The molecule has 1 fully saturated rings. The largest absolute Gasteiger partial charge is 0.444 e. The Labute approximate surface area is 144 Å². The number of nitrogens with one attached hydrogen (secondary N) is 1. The van der Waals surface area contributed by atoms with Crippen LogP contribution >= 0.6 is 22.6 Å². The Bertz CT molecular complexity index is 517. The van der Waals surface area contributed by atoms with Crippen molar-refractivity contribution in [3.63, 3.8) is 0 Å². The molecule has 1 saturated heterocycles. The number of amides is 1. The number of rotatable bonds is 2. The van der Waals surface area contributed by atoms with E-state index < -0.39 is 5.60 Å². The average molecular weight is 420 g/mol. The number of hydrogen-bond donors (Lipinski definition) is 1. The topological polar surface area (TPSA) is 41.6 Å². The highest BCUT2D eigenvalue weighted by atomic mass is 127. The van der Waals surface area contributed by atoms with Gasteiger partial charge in [0.25, 0.3) is 0 Å². The van der Waals surface area contributed by atoms with E-state index in [-0.39, 0.29) is 18.0 Å². The van der Waals surface area contributed by atoms with Crippen molar-refractivity contribution >= 4 is 34.4 Å². The summed E-state index contributed by atoms with van der Waals surface area (Å²) in [5, 5.41) is 3.35. The van der Waals surface area contributed by atoms with Gasteiger partial charge < -0.3 is 15.0 Å². The Morgan fingerprint density at radius 2 is 1.95 bits per heavy atom. The van der Waals surface area contributed by atoms with Gasteiger partial charge in [0, 0.05) is 28.4 Å². The number of ether oxygens (including phenoxy) is 1. The third kappa shape index (κ3) is 5.30. The van der Waals surface area contributed by atoms with E-state index in [0.717, 1.165) is 22.1 Å². The molecule has 1 aromatic rings. The molecule has 0 saturated carbocycles. The molecule has 0 spiro atoms. The third-order valence-corrected chi connectivity index (χ3v) is 4.00. The molecule has 1 N–H and O–H groups in total. The summed E-state index contributed by atoms with van der Waals surface area (Å²) >= 11 is 2.10. The number of anilines is 1. The Morgan fingerprint density at radius 3 is 2.50 bits per heavy atom. The summed E-state index contributed by atoms with van der Waals surface area (Å²) in [6.45, 7) is 6.90. The first-order valence-corrected chi connectivity index (χ1v) is 8.51. The summed E-state index contributed by atoms with van der Waals surface area (Å²) < 4.78 is 19.6. The summed E-state index contributed by atoms with van der Waals surface area (Å²) in [4.78, 5) is 13.7. The number of carbonyl (C=O) groups is 1. The standard InChI is InChI=1S/C16H22FIN2O2/c1-16(2,3)22-15(21)20-6-4-13(5-7-20)19-14-9-11(17)8-12(18)10-14/h8-10,13,19H,4-7H2,1-3H3.